The zero-order valence-electron chi connectivity index (χ0n) is 8.72. The van der Waals surface area contributed by atoms with Crippen LogP contribution in [0.15, 0.2) is 6.20 Å². The van der Waals surface area contributed by atoms with Crippen LogP contribution in [0.5, 0.6) is 0 Å². The molecule has 1 aromatic heterocycles. The number of H-pyrrole nitrogens is 1. The van der Waals surface area contributed by atoms with Crippen LogP contribution in [-0.4, -0.2) is 22.3 Å². The number of aryl methyl sites for hydroxylation is 1. The van der Waals surface area contributed by atoms with E-state index in [9.17, 15) is 4.79 Å². The Bertz CT molecular complexity index is 306. The number of nitrogens with one attached hydrogen (secondary N) is 3. The van der Waals surface area contributed by atoms with E-state index in [-0.39, 0.29) is 12.1 Å². The number of carbonyl (C=O) groups excluding carboxylic acids is 1. The summed E-state index contributed by atoms with van der Waals surface area (Å²) in [6.45, 7) is 6.26. The van der Waals surface area contributed by atoms with Crippen LogP contribution in [-0.2, 0) is 6.54 Å². The number of aromatic amines is 1. The molecule has 0 saturated carbocycles. The molecule has 1 aromatic rings. The molecule has 0 saturated heterocycles. The van der Waals surface area contributed by atoms with Crippen LogP contribution in [0.4, 0.5) is 4.79 Å². The Morgan fingerprint density at radius 1 is 1.64 bits per heavy atom. The van der Waals surface area contributed by atoms with E-state index < -0.39 is 0 Å². The smallest absolute Gasteiger partial charge is 0.315 e. The van der Waals surface area contributed by atoms with Gasteiger partial charge in [-0.1, -0.05) is 0 Å². The fraction of sp³-hybridized carbons (Fsp3) is 0.556. The summed E-state index contributed by atoms with van der Waals surface area (Å²) in [5.41, 5.74) is 1.98. The third kappa shape index (κ3) is 3.08. The van der Waals surface area contributed by atoms with Gasteiger partial charge in [0.25, 0.3) is 0 Å². The van der Waals surface area contributed by atoms with Crippen LogP contribution in [0.3, 0.4) is 0 Å². The molecule has 78 valence electrons. The average Bonchev–Trinajstić information content (AvgIpc) is 2.46. The lowest BCUT2D eigenvalue weighted by molar-refractivity contribution is 0.238. The summed E-state index contributed by atoms with van der Waals surface area (Å²) in [5, 5.41) is 12.2. The van der Waals surface area contributed by atoms with Crippen molar-refractivity contribution in [1.29, 1.82) is 0 Å². The lowest BCUT2D eigenvalue weighted by atomic mass is 10.3. The number of urea groups is 1. The highest BCUT2D eigenvalue weighted by atomic mass is 16.2. The predicted molar refractivity (Wildman–Crippen MR) is 53.8 cm³/mol. The minimum atomic E-state index is -0.152. The number of hydrogen-bond acceptors (Lipinski definition) is 2. The standard InChI is InChI=1S/C9H16N4O/c1-6(2)12-9(14)10-4-8-5-11-13-7(8)3/h5-6H,4H2,1-3H3,(H,11,13)(H2,10,12,14). The van der Waals surface area contributed by atoms with E-state index in [1.165, 1.54) is 0 Å². The van der Waals surface area contributed by atoms with Gasteiger partial charge in [-0.15, -0.1) is 0 Å². The van der Waals surface area contributed by atoms with Gasteiger partial charge in [-0.2, -0.15) is 5.10 Å². The second-order valence-electron chi connectivity index (χ2n) is 3.50. The molecular formula is C9H16N4O. The van der Waals surface area contributed by atoms with Gasteiger partial charge >= 0.3 is 6.03 Å². The number of amides is 2. The summed E-state index contributed by atoms with van der Waals surface area (Å²) in [6, 6.07) is 0.000969. The summed E-state index contributed by atoms with van der Waals surface area (Å²) < 4.78 is 0. The minimum Gasteiger partial charge on any atom is -0.336 e. The maximum atomic E-state index is 11.2. The third-order valence-electron chi connectivity index (χ3n) is 1.79. The highest BCUT2D eigenvalue weighted by Gasteiger charge is 2.04. The van der Waals surface area contributed by atoms with Crippen molar-refractivity contribution in [3.8, 4) is 0 Å². The van der Waals surface area contributed by atoms with Crippen molar-refractivity contribution in [1.82, 2.24) is 20.8 Å². The van der Waals surface area contributed by atoms with Crippen molar-refractivity contribution in [3.63, 3.8) is 0 Å². The summed E-state index contributed by atoms with van der Waals surface area (Å²) in [6.07, 6.45) is 1.71. The Morgan fingerprint density at radius 2 is 2.36 bits per heavy atom. The monoisotopic (exact) mass is 196 g/mol. The summed E-state index contributed by atoms with van der Waals surface area (Å²) in [5.74, 6) is 0. The number of aromatic nitrogens is 2. The first-order chi connectivity index (χ1) is 6.59. The van der Waals surface area contributed by atoms with E-state index in [0.29, 0.717) is 6.54 Å². The van der Waals surface area contributed by atoms with E-state index in [2.05, 4.69) is 20.8 Å². The van der Waals surface area contributed by atoms with Crippen molar-refractivity contribution in [2.45, 2.75) is 33.4 Å². The number of rotatable bonds is 3. The fourth-order valence-electron chi connectivity index (χ4n) is 1.04. The van der Waals surface area contributed by atoms with Gasteiger partial charge < -0.3 is 10.6 Å². The van der Waals surface area contributed by atoms with E-state index >= 15 is 0 Å². The first-order valence-electron chi connectivity index (χ1n) is 4.63. The lowest BCUT2D eigenvalue weighted by Gasteiger charge is -2.09. The highest BCUT2D eigenvalue weighted by molar-refractivity contribution is 5.74. The first-order valence-corrected chi connectivity index (χ1v) is 4.63. The zero-order chi connectivity index (χ0) is 10.6. The van der Waals surface area contributed by atoms with E-state index in [1.54, 1.807) is 6.20 Å². The van der Waals surface area contributed by atoms with Crippen LogP contribution < -0.4 is 10.6 Å². The molecule has 0 radical (unpaired) electrons. The van der Waals surface area contributed by atoms with Crippen molar-refractivity contribution < 1.29 is 4.79 Å². The number of hydrogen-bond donors (Lipinski definition) is 3. The molecular weight excluding hydrogens is 180 g/mol. The number of nitrogens with zero attached hydrogens (tertiary/aromatic N) is 1. The van der Waals surface area contributed by atoms with E-state index in [4.69, 9.17) is 0 Å². The molecule has 14 heavy (non-hydrogen) atoms. The topological polar surface area (TPSA) is 69.8 Å². The van der Waals surface area contributed by atoms with Crippen LogP contribution in [0.25, 0.3) is 0 Å². The Hall–Kier alpha value is -1.52. The first kappa shape index (κ1) is 10.6. The summed E-state index contributed by atoms with van der Waals surface area (Å²) in [7, 11) is 0. The molecule has 0 aliphatic heterocycles. The van der Waals surface area contributed by atoms with Gasteiger partial charge in [0.15, 0.2) is 0 Å². The van der Waals surface area contributed by atoms with Crippen LogP contribution in [0, 0.1) is 6.92 Å². The van der Waals surface area contributed by atoms with E-state index in [1.807, 2.05) is 20.8 Å². The highest BCUT2D eigenvalue weighted by Crippen LogP contribution is 2.00. The normalized spacial score (nSPS) is 10.3. The van der Waals surface area contributed by atoms with Gasteiger partial charge in [0.05, 0.1) is 6.20 Å². The molecule has 0 fully saturated rings. The van der Waals surface area contributed by atoms with Crippen molar-refractivity contribution in [2.75, 3.05) is 0 Å². The SMILES string of the molecule is Cc1[nH]ncc1CNC(=O)NC(C)C. The largest absolute Gasteiger partial charge is 0.336 e. The Kier molecular flexibility index (Phi) is 3.50. The molecule has 0 aliphatic rings. The molecule has 0 aliphatic carbocycles. The Labute approximate surface area is 83.3 Å². The Balaban J connectivity index is 2.34. The molecule has 2 amide bonds. The molecule has 0 spiro atoms. The number of carbonyl (C=O) groups is 1. The van der Waals surface area contributed by atoms with Gasteiger partial charge in [-0.05, 0) is 20.8 Å². The van der Waals surface area contributed by atoms with Crippen LogP contribution >= 0.6 is 0 Å². The maximum absolute atomic E-state index is 11.2. The van der Waals surface area contributed by atoms with Crippen molar-refractivity contribution >= 4 is 6.03 Å². The lowest BCUT2D eigenvalue weighted by Crippen LogP contribution is -2.39. The molecule has 5 heteroatoms. The van der Waals surface area contributed by atoms with Crippen molar-refractivity contribution in [3.05, 3.63) is 17.5 Å². The Morgan fingerprint density at radius 3 is 2.86 bits per heavy atom. The quantitative estimate of drug-likeness (QED) is 0.673. The summed E-state index contributed by atoms with van der Waals surface area (Å²) in [4.78, 5) is 11.2. The minimum absolute atomic E-state index is 0.152. The fourth-order valence-corrected chi connectivity index (χ4v) is 1.04. The predicted octanol–water partition coefficient (Wildman–Crippen LogP) is 0.926. The molecule has 0 aromatic carbocycles. The van der Waals surface area contributed by atoms with Crippen molar-refractivity contribution in [2.24, 2.45) is 0 Å². The second kappa shape index (κ2) is 4.64. The molecule has 5 nitrogen and oxygen atoms in total. The van der Waals surface area contributed by atoms with Crippen LogP contribution in [0.2, 0.25) is 0 Å². The molecule has 1 heterocycles. The summed E-state index contributed by atoms with van der Waals surface area (Å²) >= 11 is 0. The van der Waals surface area contributed by atoms with Crippen LogP contribution in [0.1, 0.15) is 25.1 Å². The van der Waals surface area contributed by atoms with Gasteiger partial charge in [0, 0.05) is 23.8 Å². The third-order valence-corrected chi connectivity index (χ3v) is 1.79. The zero-order valence-corrected chi connectivity index (χ0v) is 8.72. The molecule has 0 unspecified atom stereocenters. The van der Waals surface area contributed by atoms with Gasteiger partial charge in [0.2, 0.25) is 0 Å². The molecule has 3 N–H and O–H groups in total. The van der Waals surface area contributed by atoms with E-state index in [0.717, 1.165) is 11.3 Å². The maximum Gasteiger partial charge on any atom is 0.315 e. The average molecular weight is 196 g/mol. The molecule has 1 rings (SSSR count). The van der Waals surface area contributed by atoms with Gasteiger partial charge in [-0.3, -0.25) is 5.10 Å². The van der Waals surface area contributed by atoms with Gasteiger partial charge in [0.1, 0.15) is 0 Å². The molecule has 0 atom stereocenters. The van der Waals surface area contributed by atoms with Gasteiger partial charge in [-0.25, -0.2) is 4.79 Å². The molecule has 0 bridgehead atoms. The second-order valence-corrected chi connectivity index (χ2v) is 3.50.